The second-order valence-corrected chi connectivity index (χ2v) is 7.75. The van der Waals surface area contributed by atoms with Crippen LogP contribution in [0.5, 0.6) is 0 Å². The van der Waals surface area contributed by atoms with Crippen LogP contribution in [0.1, 0.15) is 11.3 Å². The Labute approximate surface area is 144 Å². The Bertz CT molecular complexity index is 1000. The summed E-state index contributed by atoms with van der Waals surface area (Å²) in [6, 6.07) is 9.14. The van der Waals surface area contributed by atoms with Crippen LogP contribution in [0.15, 0.2) is 53.7 Å². The molecule has 1 aliphatic heterocycles. The van der Waals surface area contributed by atoms with E-state index in [1.54, 1.807) is 18.2 Å². The molecule has 25 heavy (non-hydrogen) atoms. The Morgan fingerprint density at radius 2 is 1.96 bits per heavy atom. The van der Waals surface area contributed by atoms with Crippen LogP contribution in [0.25, 0.3) is 11.3 Å². The fraction of sp³-hybridized carbons (Fsp3) is 0.176. The number of sulfonamides is 1. The Hall–Kier alpha value is -2.58. The van der Waals surface area contributed by atoms with Crippen LogP contribution in [-0.4, -0.2) is 34.4 Å². The van der Waals surface area contributed by atoms with Crippen molar-refractivity contribution in [2.45, 2.75) is 17.9 Å². The van der Waals surface area contributed by atoms with Gasteiger partial charge in [0.25, 0.3) is 0 Å². The molecular formula is C17H15FN4O2S. The molecule has 0 spiro atoms. The molecule has 3 aromatic rings. The number of H-pyrrole nitrogens is 1. The van der Waals surface area contributed by atoms with E-state index in [9.17, 15) is 12.8 Å². The van der Waals surface area contributed by atoms with E-state index >= 15 is 0 Å². The highest BCUT2D eigenvalue weighted by molar-refractivity contribution is 7.89. The highest BCUT2D eigenvalue weighted by Crippen LogP contribution is 2.30. The minimum absolute atomic E-state index is 0.172. The van der Waals surface area contributed by atoms with Crippen molar-refractivity contribution in [2.24, 2.45) is 0 Å². The topological polar surface area (TPSA) is 79.0 Å². The predicted octanol–water partition coefficient (Wildman–Crippen LogP) is 2.36. The van der Waals surface area contributed by atoms with Gasteiger partial charge in [0.2, 0.25) is 10.0 Å². The lowest BCUT2D eigenvalue weighted by molar-refractivity contribution is 0.390. The van der Waals surface area contributed by atoms with E-state index in [0.717, 1.165) is 16.8 Å². The maximum Gasteiger partial charge on any atom is 0.244 e. The number of rotatable bonds is 3. The van der Waals surface area contributed by atoms with Crippen molar-refractivity contribution >= 4 is 10.0 Å². The van der Waals surface area contributed by atoms with Crippen molar-refractivity contribution in [1.82, 2.24) is 19.5 Å². The standard InChI is InChI=1S/C17H15FN4O2S/c18-13-5-3-12(4-6-13)17-15-11-22(9-7-16(15)20-21-17)25(23,24)14-2-1-8-19-10-14/h1-6,8,10H,7,9,11H2,(H,20,21). The van der Waals surface area contributed by atoms with Crippen LogP contribution in [0.4, 0.5) is 4.39 Å². The van der Waals surface area contributed by atoms with E-state index in [2.05, 4.69) is 15.2 Å². The number of aromatic nitrogens is 3. The fourth-order valence-electron chi connectivity index (χ4n) is 2.97. The molecule has 3 heterocycles. The summed E-state index contributed by atoms with van der Waals surface area (Å²) in [5.41, 5.74) is 3.14. The van der Waals surface area contributed by atoms with Crippen LogP contribution in [0, 0.1) is 5.82 Å². The average Bonchev–Trinajstić information content (AvgIpc) is 3.06. The first kappa shape index (κ1) is 15.9. The van der Waals surface area contributed by atoms with Crippen molar-refractivity contribution in [3.8, 4) is 11.3 Å². The molecule has 1 aliphatic rings. The maximum atomic E-state index is 13.2. The number of aromatic amines is 1. The lowest BCUT2D eigenvalue weighted by Crippen LogP contribution is -2.36. The molecule has 0 aliphatic carbocycles. The summed E-state index contributed by atoms with van der Waals surface area (Å²) in [6.45, 7) is 0.588. The second-order valence-electron chi connectivity index (χ2n) is 5.81. The normalized spacial score (nSPS) is 15.1. The minimum Gasteiger partial charge on any atom is -0.282 e. The maximum absolute atomic E-state index is 13.2. The molecule has 1 N–H and O–H groups in total. The predicted molar refractivity (Wildman–Crippen MR) is 89.5 cm³/mol. The summed E-state index contributed by atoms with van der Waals surface area (Å²) in [6.07, 6.45) is 3.43. The van der Waals surface area contributed by atoms with E-state index in [4.69, 9.17) is 0 Å². The highest BCUT2D eigenvalue weighted by atomic mass is 32.2. The lowest BCUT2D eigenvalue weighted by Gasteiger charge is -2.26. The van der Waals surface area contributed by atoms with Crippen molar-refractivity contribution in [3.05, 3.63) is 65.9 Å². The number of fused-ring (bicyclic) bond motifs is 1. The van der Waals surface area contributed by atoms with Crippen LogP contribution in [0.2, 0.25) is 0 Å². The quantitative estimate of drug-likeness (QED) is 0.780. The molecule has 0 fully saturated rings. The van der Waals surface area contributed by atoms with Gasteiger partial charge in [0, 0.05) is 48.7 Å². The molecule has 4 rings (SSSR count). The second kappa shape index (κ2) is 6.05. The smallest absolute Gasteiger partial charge is 0.244 e. The SMILES string of the molecule is O=S(=O)(c1cccnc1)N1CCc2[nH]nc(-c3ccc(F)cc3)c2C1. The van der Waals surface area contributed by atoms with Gasteiger partial charge in [-0.2, -0.15) is 9.40 Å². The van der Waals surface area contributed by atoms with Gasteiger partial charge < -0.3 is 0 Å². The first-order valence-corrected chi connectivity index (χ1v) is 9.22. The Balaban J connectivity index is 1.70. The number of nitrogens with one attached hydrogen (secondary N) is 1. The fourth-order valence-corrected chi connectivity index (χ4v) is 4.34. The van der Waals surface area contributed by atoms with E-state index in [1.165, 1.54) is 34.9 Å². The number of hydrogen-bond donors (Lipinski definition) is 1. The summed E-state index contributed by atoms with van der Waals surface area (Å²) < 4.78 is 40.2. The van der Waals surface area contributed by atoms with Crippen LogP contribution in [-0.2, 0) is 23.0 Å². The van der Waals surface area contributed by atoms with Gasteiger partial charge >= 0.3 is 0 Å². The van der Waals surface area contributed by atoms with E-state index < -0.39 is 10.0 Å². The molecular weight excluding hydrogens is 343 g/mol. The molecule has 6 nitrogen and oxygen atoms in total. The van der Waals surface area contributed by atoms with Gasteiger partial charge in [-0.05, 0) is 36.4 Å². The summed E-state index contributed by atoms with van der Waals surface area (Å²) in [7, 11) is -3.62. The number of nitrogens with zero attached hydrogens (tertiary/aromatic N) is 3. The van der Waals surface area contributed by atoms with Crippen molar-refractivity contribution < 1.29 is 12.8 Å². The Morgan fingerprint density at radius 3 is 2.68 bits per heavy atom. The molecule has 2 aromatic heterocycles. The Morgan fingerprint density at radius 1 is 1.16 bits per heavy atom. The summed E-state index contributed by atoms with van der Waals surface area (Å²) in [5, 5.41) is 7.28. The zero-order valence-electron chi connectivity index (χ0n) is 13.2. The lowest BCUT2D eigenvalue weighted by atomic mass is 10.0. The third kappa shape index (κ3) is 2.83. The third-order valence-corrected chi connectivity index (χ3v) is 6.12. The zero-order valence-corrected chi connectivity index (χ0v) is 14.0. The van der Waals surface area contributed by atoms with Crippen molar-refractivity contribution in [1.29, 1.82) is 0 Å². The number of hydrogen-bond acceptors (Lipinski definition) is 4. The minimum atomic E-state index is -3.62. The Kier molecular flexibility index (Phi) is 3.85. The van der Waals surface area contributed by atoms with Gasteiger partial charge in [0.15, 0.2) is 0 Å². The summed E-state index contributed by atoms with van der Waals surface area (Å²) >= 11 is 0. The average molecular weight is 358 g/mol. The van der Waals surface area contributed by atoms with Crippen LogP contribution < -0.4 is 0 Å². The third-order valence-electron chi connectivity index (χ3n) is 4.29. The van der Waals surface area contributed by atoms with Gasteiger partial charge in [-0.3, -0.25) is 10.1 Å². The van der Waals surface area contributed by atoms with Crippen molar-refractivity contribution in [2.75, 3.05) is 6.54 Å². The number of benzene rings is 1. The molecule has 128 valence electrons. The van der Waals surface area contributed by atoms with E-state index in [-0.39, 0.29) is 17.3 Å². The number of halogens is 1. The van der Waals surface area contributed by atoms with Gasteiger partial charge in [-0.25, -0.2) is 12.8 Å². The van der Waals surface area contributed by atoms with Gasteiger partial charge in [-0.1, -0.05) is 0 Å². The van der Waals surface area contributed by atoms with Gasteiger partial charge in [0.1, 0.15) is 10.7 Å². The molecule has 1 aromatic carbocycles. The highest BCUT2D eigenvalue weighted by Gasteiger charge is 2.31. The molecule has 0 radical (unpaired) electrons. The summed E-state index contributed by atoms with van der Waals surface area (Å²) in [5.74, 6) is -0.325. The van der Waals surface area contributed by atoms with Crippen LogP contribution in [0.3, 0.4) is 0 Å². The van der Waals surface area contributed by atoms with Gasteiger partial charge in [0.05, 0.1) is 5.69 Å². The largest absolute Gasteiger partial charge is 0.282 e. The first-order chi connectivity index (χ1) is 12.1. The van der Waals surface area contributed by atoms with Gasteiger partial charge in [-0.15, -0.1) is 0 Å². The monoisotopic (exact) mass is 358 g/mol. The molecule has 0 amide bonds. The first-order valence-electron chi connectivity index (χ1n) is 7.78. The molecule has 0 unspecified atom stereocenters. The molecule has 8 heteroatoms. The van der Waals surface area contributed by atoms with Crippen LogP contribution >= 0.6 is 0 Å². The summed E-state index contributed by atoms with van der Waals surface area (Å²) in [4.78, 5) is 4.07. The van der Waals surface area contributed by atoms with E-state index in [1.807, 2.05) is 0 Å². The molecule has 0 saturated carbocycles. The molecule has 0 atom stereocenters. The molecule has 0 bridgehead atoms. The van der Waals surface area contributed by atoms with E-state index in [0.29, 0.717) is 18.7 Å². The van der Waals surface area contributed by atoms with Crippen molar-refractivity contribution in [3.63, 3.8) is 0 Å². The molecule has 0 saturated heterocycles. The zero-order chi connectivity index (χ0) is 17.4. The number of pyridine rings is 1.